The molecule has 0 fully saturated rings. The van der Waals surface area contributed by atoms with Gasteiger partial charge in [0.2, 0.25) is 0 Å². The van der Waals surface area contributed by atoms with Crippen LogP contribution < -0.4 is 0 Å². The molecule has 3 aromatic rings. The van der Waals surface area contributed by atoms with Crippen molar-refractivity contribution in [1.29, 1.82) is 0 Å². The Kier molecular flexibility index (Phi) is 3.75. The van der Waals surface area contributed by atoms with E-state index in [1.54, 1.807) is 0 Å². The van der Waals surface area contributed by atoms with Gasteiger partial charge in [-0.15, -0.1) is 11.6 Å². The van der Waals surface area contributed by atoms with Crippen molar-refractivity contribution < 1.29 is 0 Å². The Morgan fingerprint density at radius 2 is 1.75 bits per heavy atom. The minimum Gasteiger partial charge on any atom is -0.319 e. The van der Waals surface area contributed by atoms with Gasteiger partial charge in [0.05, 0.1) is 23.0 Å². The molecule has 1 aromatic heterocycles. The Bertz CT molecular complexity index is 703. The van der Waals surface area contributed by atoms with Crippen LogP contribution in [0.5, 0.6) is 0 Å². The first-order chi connectivity index (χ1) is 9.85. The average Bonchev–Trinajstić information content (AvgIpc) is 2.88. The highest BCUT2D eigenvalue weighted by molar-refractivity contribution is 6.16. The van der Waals surface area contributed by atoms with Crippen molar-refractivity contribution in [1.82, 2.24) is 9.55 Å². The van der Waals surface area contributed by atoms with Gasteiger partial charge in [0.15, 0.2) is 0 Å². The quantitative estimate of drug-likeness (QED) is 0.631. The van der Waals surface area contributed by atoms with E-state index in [0.29, 0.717) is 5.88 Å². The fourth-order valence-electron chi connectivity index (χ4n) is 2.78. The molecule has 1 heterocycles. The Balaban J connectivity index is 2.21. The lowest BCUT2D eigenvalue weighted by Crippen LogP contribution is -2.12. The van der Waals surface area contributed by atoms with Crippen LogP contribution in [0.4, 0.5) is 0 Å². The lowest BCUT2D eigenvalue weighted by atomic mass is 10.0. The number of para-hydroxylation sites is 2. The van der Waals surface area contributed by atoms with Gasteiger partial charge < -0.3 is 4.57 Å². The number of nitrogens with zero attached hydrogens (tertiary/aromatic N) is 2. The molecule has 0 saturated heterocycles. The standard InChI is InChI=1S/C17H17ClN2/c1-2-15(13-8-4-3-5-9-13)20-16-11-7-6-10-14(16)19-17(20)12-18/h3-11,15H,2,12H2,1H3. The molecule has 0 N–H and O–H groups in total. The van der Waals surface area contributed by atoms with Crippen LogP contribution in [-0.4, -0.2) is 9.55 Å². The number of alkyl halides is 1. The van der Waals surface area contributed by atoms with Gasteiger partial charge in [-0.2, -0.15) is 0 Å². The molecule has 3 heteroatoms. The summed E-state index contributed by atoms with van der Waals surface area (Å²) >= 11 is 6.11. The number of imidazole rings is 1. The van der Waals surface area contributed by atoms with E-state index in [1.807, 2.05) is 18.2 Å². The summed E-state index contributed by atoms with van der Waals surface area (Å²) in [7, 11) is 0. The molecule has 1 atom stereocenters. The van der Waals surface area contributed by atoms with Crippen molar-refractivity contribution >= 4 is 22.6 Å². The minimum absolute atomic E-state index is 0.275. The number of benzene rings is 2. The number of rotatable bonds is 4. The first-order valence-electron chi connectivity index (χ1n) is 6.92. The van der Waals surface area contributed by atoms with Crippen LogP contribution in [0.25, 0.3) is 11.0 Å². The van der Waals surface area contributed by atoms with Crippen LogP contribution in [0, 0.1) is 0 Å². The topological polar surface area (TPSA) is 17.8 Å². The molecule has 2 nitrogen and oxygen atoms in total. The molecule has 0 spiro atoms. The summed E-state index contributed by atoms with van der Waals surface area (Å²) in [6.07, 6.45) is 1.01. The number of halogens is 1. The zero-order chi connectivity index (χ0) is 13.9. The minimum atomic E-state index is 0.275. The fourth-order valence-corrected chi connectivity index (χ4v) is 2.97. The van der Waals surface area contributed by atoms with Crippen LogP contribution >= 0.6 is 11.6 Å². The number of hydrogen-bond donors (Lipinski definition) is 0. The van der Waals surface area contributed by atoms with Crippen molar-refractivity contribution in [3.63, 3.8) is 0 Å². The largest absolute Gasteiger partial charge is 0.319 e. The van der Waals surface area contributed by atoms with Crippen molar-refractivity contribution in [2.24, 2.45) is 0 Å². The zero-order valence-electron chi connectivity index (χ0n) is 11.5. The first-order valence-corrected chi connectivity index (χ1v) is 7.45. The molecule has 0 bridgehead atoms. The van der Waals surface area contributed by atoms with Crippen LogP contribution in [0.15, 0.2) is 54.6 Å². The lowest BCUT2D eigenvalue weighted by Gasteiger charge is -2.20. The van der Waals surface area contributed by atoms with E-state index in [1.165, 1.54) is 5.56 Å². The van der Waals surface area contributed by atoms with Gasteiger partial charge in [-0.1, -0.05) is 49.4 Å². The third-order valence-corrected chi connectivity index (χ3v) is 3.91. The summed E-state index contributed by atoms with van der Waals surface area (Å²) in [4.78, 5) is 4.66. The molecule has 1 unspecified atom stereocenters. The van der Waals surface area contributed by atoms with E-state index in [-0.39, 0.29) is 6.04 Å². The Hall–Kier alpha value is -1.80. The van der Waals surface area contributed by atoms with Crippen molar-refractivity contribution in [2.75, 3.05) is 0 Å². The fraction of sp³-hybridized carbons (Fsp3) is 0.235. The number of aromatic nitrogens is 2. The smallest absolute Gasteiger partial charge is 0.125 e. The van der Waals surface area contributed by atoms with Gasteiger partial charge in [0.25, 0.3) is 0 Å². The lowest BCUT2D eigenvalue weighted by molar-refractivity contribution is 0.565. The summed E-state index contributed by atoms with van der Waals surface area (Å²) in [5, 5.41) is 0. The number of fused-ring (bicyclic) bond motifs is 1. The van der Waals surface area contributed by atoms with Gasteiger partial charge in [-0.3, -0.25) is 0 Å². The van der Waals surface area contributed by atoms with Crippen LogP contribution in [-0.2, 0) is 5.88 Å². The van der Waals surface area contributed by atoms with Gasteiger partial charge >= 0.3 is 0 Å². The molecule has 20 heavy (non-hydrogen) atoms. The number of hydrogen-bond acceptors (Lipinski definition) is 1. The summed E-state index contributed by atoms with van der Waals surface area (Å²) in [5.74, 6) is 1.36. The Morgan fingerprint density at radius 3 is 2.45 bits per heavy atom. The highest BCUT2D eigenvalue weighted by Gasteiger charge is 2.18. The van der Waals surface area contributed by atoms with E-state index < -0.39 is 0 Å². The maximum absolute atomic E-state index is 6.11. The second kappa shape index (κ2) is 5.68. The van der Waals surface area contributed by atoms with Crippen LogP contribution in [0.2, 0.25) is 0 Å². The Morgan fingerprint density at radius 1 is 1.05 bits per heavy atom. The first kappa shape index (κ1) is 13.2. The van der Waals surface area contributed by atoms with E-state index in [2.05, 4.69) is 52.9 Å². The zero-order valence-corrected chi connectivity index (χ0v) is 12.2. The SMILES string of the molecule is CCC(c1ccccc1)n1c(CCl)nc2ccccc21. The maximum Gasteiger partial charge on any atom is 0.125 e. The van der Waals surface area contributed by atoms with E-state index in [9.17, 15) is 0 Å². The molecular formula is C17H17ClN2. The molecule has 0 aliphatic heterocycles. The predicted molar refractivity (Wildman–Crippen MR) is 84.2 cm³/mol. The van der Waals surface area contributed by atoms with Gasteiger partial charge in [0, 0.05) is 0 Å². The highest BCUT2D eigenvalue weighted by Crippen LogP contribution is 2.29. The third kappa shape index (κ3) is 2.20. The molecule has 0 radical (unpaired) electrons. The molecule has 0 amide bonds. The summed E-state index contributed by atoms with van der Waals surface area (Å²) < 4.78 is 2.28. The van der Waals surface area contributed by atoms with Crippen LogP contribution in [0.1, 0.15) is 30.8 Å². The normalized spacial score (nSPS) is 12.7. The Labute approximate surface area is 124 Å². The molecule has 0 aliphatic carbocycles. The molecule has 0 saturated carbocycles. The third-order valence-electron chi connectivity index (χ3n) is 3.67. The van der Waals surface area contributed by atoms with E-state index >= 15 is 0 Å². The van der Waals surface area contributed by atoms with Gasteiger partial charge in [0.1, 0.15) is 5.82 Å². The van der Waals surface area contributed by atoms with Crippen molar-refractivity contribution in [3.05, 3.63) is 66.0 Å². The molecular weight excluding hydrogens is 268 g/mol. The summed E-state index contributed by atoms with van der Waals surface area (Å²) in [6, 6.07) is 19.0. The van der Waals surface area contributed by atoms with E-state index in [0.717, 1.165) is 23.3 Å². The average molecular weight is 285 g/mol. The second-order valence-corrected chi connectivity index (χ2v) is 5.12. The van der Waals surface area contributed by atoms with Crippen molar-refractivity contribution in [2.45, 2.75) is 25.3 Å². The van der Waals surface area contributed by atoms with Gasteiger partial charge in [-0.05, 0) is 24.1 Å². The molecule has 102 valence electrons. The summed E-state index contributed by atoms with van der Waals surface area (Å²) in [5.41, 5.74) is 3.46. The summed E-state index contributed by atoms with van der Waals surface area (Å²) in [6.45, 7) is 2.20. The van der Waals surface area contributed by atoms with Gasteiger partial charge in [-0.25, -0.2) is 4.98 Å². The molecule has 3 rings (SSSR count). The molecule has 0 aliphatic rings. The van der Waals surface area contributed by atoms with E-state index in [4.69, 9.17) is 11.6 Å². The molecule has 2 aromatic carbocycles. The monoisotopic (exact) mass is 284 g/mol. The predicted octanol–water partition coefficient (Wildman–Crippen LogP) is 4.77. The highest BCUT2D eigenvalue weighted by atomic mass is 35.5. The van der Waals surface area contributed by atoms with Crippen LogP contribution in [0.3, 0.4) is 0 Å². The van der Waals surface area contributed by atoms with Crippen molar-refractivity contribution in [3.8, 4) is 0 Å². The maximum atomic E-state index is 6.11. The second-order valence-electron chi connectivity index (χ2n) is 4.86.